The van der Waals surface area contributed by atoms with Crippen molar-refractivity contribution in [1.82, 2.24) is 5.32 Å². The predicted molar refractivity (Wildman–Crippen MR) is 118 cm³/mol. The van der Waals surface area contributed by atoms with Crippen molar-refractivity contribution in [3.8, 4) is 0 Å². The minimum Gasteiger partial charge on any atom is -0.352 e. The van der Waals surface area contributed by atoms with Crippen molar-refractivity contribution < 1.29 is 14.4 Å². The second kappa shape index (κ2) is 9.54. The summed E-state index contributed by atoms with van der Waals surface area (Å²) >= 11 is 6.07. The molecule has 7 nitrogen and oxygen atoms in total. The van der Waals surface area contributed by atoms with E-state index in [-0.39, 0.29) is 23.8 Å². The average Bonchev–Trinajstić information content (AvgIpc) is 3.19. The zero-order chi connectivity index (χ0) is 21.7. The molecular weight excluding hydrogens is 404 g/mol. The molecule has 0 aliphatic carbocycles. The number of nitrogens with zero attached hydrogens (tertiary/aromatic N) is 2. The molecular formula is C22H23ClN4O3. The maximum Gasteiger partial charge on any atom is 0.271 e. The fraction of sp³-hybridized carbons (Fsp3) is 0.273. The third kappa shape index (κ3) is 4.86. The van der Waals surface area contributed by atoms with E-state index >= 15 is 0 Å². The monoisotopic (exact) mass is 426 g/mol. The Morgan fingerprint density at radius 1 is 1.13 bits per heavy atom. The van der Waals surface area contributed by atoms with Crippen molar-refractivity contribution in [2.45, 2.75) is 32.7 Å². The van der Waals surface area contributed by atoms with Crippen molar-refractivity contribution >= 4 is 46.3 Å². The summed E-state index contributed by atoms with van der Waals surface area (Å²) in [4.78, 5) is 37.5. The fourth-order valence-electron chi connectivity index (χ4n) is 3.13. The molecule has 1 atom stereocenters. The van der Waals surface area contributed by atoms with E-state index in [0.717, 1.165) is 12.1 Å². The molecule has 0 radical (unpaired) electrons. The van der Waals surface area contributed by atoms with Gasteiger partial charge in [0.15, 0.2) is 5.78 Å². The van der Waals surface area contributed by atoms with Crippen molar-refractivity contribution in [1.29, 1.82) is 0 Å². The average molecular weight is 427 g/mol. The number of carbonyl (C=O) groups is 3. The molecule has 1 unspecified atom stereocenters. The van der Waals surface area contributed by atoms with Gasteiger partial charge in [-0.2, -0.15) is 5.10 Å². The summed E-state index contributed by atoms with van der Waals surface area (Å²) in [6, 6.07) is 13.3. The first kappa shape index (κ1) is 21.5. The lowest BCUT2D eigenvalue weighted by Crippen LogP contribution is -2.33. The van der Waals surface area contributed by atoms with Gasteiger partial charge >= 0.3 is 0 Å². The molecule has 1 aliphatic rings. The molecule has 0 saturated heterocycles. The van der Waals surface area contributed by atoms with Crippen LogP contribution in [0.4, 0.5) is 11.4 Å². The zero-order valence-corrected chi connectivity index (χ0v) is 17.6. The molecule has 2 aromatic carbocycles. The summed E-state index contributed by atoms with van der Waals surface area (Å²) in [5.74, 6) is -0.871. The first-order valence-electron chi connectivity index (χ1n) is 9.72. The Kier molecular flexibility index (Phi) is 6.84. The highest BCUT2D eigenvalue weighted by Gasteiger charge is 2.34. The molecule has 1 heterocycles. The molecule has 0 fully saturated rings. The van der Waals surface area contributed by atoms with Gasteiger partial charge in [-0.15, -0.1) is 0 Å². The number of carbonyl (C=O) groups excluding carboxylic acids is 3. The molecule has 156 valence electrons. The smallest absolute Gasteiger partial charge is 0.271 e. The summed E-state index contributed by atoms with van der Waals surface area (Å²) in [5, 5.41) is 11.8. The van der Waals surface area contributed by atoms with Gasteiger partial charge in [-0.05, 0) is 43.7 Å². The van der Waals surface area contributed by atoms with Gasteiger partial charge in [0.05, 0.1) is 16.9 Å². The molecule has 0 bridgehead atoms. The number of rotatable bonds is 7. The third-order valence-corrected chi connectivity index (χ3v) is 4.91. The number of amides is 2. The number of para-hydroxylation sites is 1. The van der Waals surface area contributed by atoms with E-state index in [4.69, 9.17) is 11.6 Å². The van der Waals surface area contributed by atoms with Crippen LogP contribution in [-0.4, -0.2) is 35.9 Å². The Labute approximate surface area is 180 Å². The number of anilines is 2. The highest BCUT2D eigenvalue weighted by molar-refractivity contribution is 6.44. The van der Waals surface area contributed by atoms with E-state index in [0.29, 0.717) is 22.8 Å². The summed E-state index contributed by atoms with van der Waals surface area (Å²) in [5.41, 5.74) is 1.53. The number of hydrazone groups is 1. The van der Waals surface area contributed by atoms with Crippen molar-refractivity contribution in [2.24, 2.45) is 5.10 Å². The number of halogens is 1. The molecule has 30 heavy (non-hydrogen) atoms. The SMILES string of the molecule is CCCNC(=O)c1ccc(Cl)cc1NC(=O)C1=NN(c2ccccc2)C(C(C)=O)C1. The van der Waals surface area contributed by atoms with Crippen LogP contribution in [0.25, 0.3) is 0 Å². The number of hydrogen-bond donors (Lipinski definition) is 2. The Morgan fingerprint density at radius 2 is 1.87 bits per heavy atom. The molecule has 2 aromatic rings. The van der Waals surface area contributed by atoms with Crippen LogP contribution in [0.1, 0.15) is 37.0 Å². The van der Waals surface area contributed by atoms with E-state index in [9.17, 15) is 14.4 Å². The van der Waals surface area contributed by atoms with Gasteiger partial charge in [-0.25, -0.2) is 0 Å². The molecule has 3 rings (SSSR count). The highest BCUT2D eigenvalue weighted by Crippen LogP contribution is 2.26. The molecule has 1 aliphatic heterocycles. The van der Waals surface area contributed by atoms with E-state index < -0.39 is 11.9 Å². The van der Waals surface area contributed by atoms with Crippen LogP contribution in [-0.2, 0) is 9.59 Å². The van der Waals surface area contributed by atoms with E-state index in [1.54, 1.807) is 17.1 Å². The topological polar surface area (TPSA) is 90.9 Å². The second-order valence-electron chi connectivity index (χ2n) is 6.96. The Hall–Kier alpha value is -3.19. The first-order valence-corrected chi connectivity index (χ1v) is 10.1. The number of nitrogens with one attached hydrogen (secondary N) is 2. The van der Waals surface area contributed by atoms with Gasteiger partial charge in [0.2, 0.25) is 0 Å². The first-order chi connectivity index (χ1) is 14.4. The minimum atomic E-state index is -0.556. The Balaban J connectivity index is 1.85. The lowest BCUT2D eigenvalue weighted by molar-refractivity contribution is -0.118. The lowest BCUT2D eigenvalue weighted by atomic mass is 10.1. The van der Waals surface area contributed by atoms with Crippen LogP contribution in [0.2, 0.25) is 5.02 Å². The van der Waals surface area contributed by atoms with Crippen molar-refractivity contribution in [2.75, 3.05) is 16.9 Å². The van der Waals surface area contributed by atoms with Gasteiger partial charge in [-0.1, -0.05) is 36.7 Å². The largest absolute Gasteiger partial charge is 0.352 e. The quantitative estimate of drug-likeness (QED) is 0.707. The summed E-state index contributed by atoms with van der Waals surface area (Å²) in [7, 11) is 0. The zero-order valence-electron chi connectivity index (χ0n) is 16.8. The second-order valence-corrected chi connectivity index (χ2v) is 7.39. The Morgan fingerprint density at radius 3 is 2.53 bits per heavy atom. The van der Waals surface area contributed by atoms with Gasteiger partial charge in [0.1, 0.15) is 11.8 Å². The molecule has 8 heteroatoms. The predicted octanol–water partition coefficient (Wildman–Crippen LogP) is 3.64. The van der Waals surface area contributed by atoms with Crippen LogP contribution in [0.5, 0.6) is 0 Å². The number of benzene rings is 2. The maximum atomic E-state index is 12.9. The fourth-order valence-corrected chi connectivity index (χ4v) is 3.30. The molecule has 0 aromatic heterocycles. The van der Waals surface area contributed by atoms with Crippen molar-refractivity contribution in [3.63, 3.8) is 0 Å². The molecule has 0 saturated carbocycles. The molecule has 2 amide bonds. The highest BCUT2D eigenvalue weighted by atomic mass is 35.5. The summed E-state index contributed by atoms with van der Waals surface area (Å²) in [6.07, 6.45) is 0.966. The van der Waals surface area contributed by atoms with Crippen LogP contribution >= 0.6 is 11.6 Å². The normalized spacial score (nSPS) is 15.5. The van der Waals surface area contributed by atoms with Crippen LogP contribution in [0, 0.1) is 0 Å². The van der Waals surface area contributed by atoms with Gasteiger partial charge in [0.25, 0.3) is 11.8 Å². The number of Topliss-reactive ketones (excluding diaryl/α,β-unsaturated/α-hetero) is 1. The third-order valence-electron chi connectivity index (χ3n) is 4.67. The van der Waals surface area contributed by atoms with E-state index in [2.05, 4.69) is 15.7 Å². The van der Waals surface area contributed by atoms with Crippen LogP contribution < -0.4 is 15.6 Å². The number of hydrogen-bond acceptors (Lipinski definition) is 5. The van der Waals surface area contributed by atoms with E-state index in [1.807, 2.05) is 37.3 Å². The minimum absolute atomic E-state index is 0.0900. The van der Waals surface area contributed by atoms with E-state index in [1.165, 1.54) is 13.0 Å². The van der Waals surface area contributed by atoms with Crippen LogP contribution in [0.15, 0.2) is 53.6 Å². The van der Waals surface area contributed by atoms with Gasteiger partial charge < -0.3 is 10.6 Å². The summed E-state index contributed by atoms with van der Waals surface area (Å²) in [6.45, 7) is 3.95. The molecule has 0 spiro atoms. The molecule has 2 N–H and O–H groups in total. The number of ketones is 1. The summed E-state index contributed by atoms with van der Waals surface area (Å²) < 4.78 is 0. The van der Waals surface area contributed by atoms with Crippen LogP contribution in [0.3, 0.4) is 0 Å². The maximum absolute atomic E-state index is 12.9. The van der Waals surface area contributed by atoms with Gasteiger partial charge in [0, 0.05) is 18.0 Å². The van der Waals surface area contributed by atoms with Crippen molar-refractivity contribution in [3.05, 3.63) is 59.1 Å². The lowest BCUT2D eigenvalue weighted by Gasteiger charge is -2.20. The Bertz CT molecular complexity index is 991. The standard InChI is InChI=1S/C22H23ClN4O3/c1-3-11-24-21(29)17-10-9-15(23)12-18(17)25-22(30)19-13-20(14(2)28)27(26-19)16-7-5-4-6-8-16/h4-10,12,20H,3,11,13H2,1-2H3,(H,24,29)(H,25,30). The van der Waals surface area contributed by atoms with Gasteiger partial charge in [-0.3, -0.25) is 19.4 Å².